The van der Waals surface area contributed by atoms with Gasteiger partial charge in [-0.25, -0.2) is 0 Å². The molecule has 1 fully saturated rings. The summed E-state index contributed by atoms with van der Waals surface area (Å²) in [6.45, 7) is 2.08. The predicted molar refractivity (Wildman–Crippen MR) is 89.9 cm³/mol. The first-order chi connectivity index (χ1) is 10.7. The number of halogens is 1. The lowest BCUT2D eigenvalue weighted by Gasteiger charge is -2.13. The Morgan fingerprint density at radius 2 is 2.09 bits per heavy atom. The minimum absolute atomic E-state index is 0.0185. The van der Waals surface area contributed by atoms with E-state index in [1.165, 1.54) is 0 Å². The Kier molecular flexibility index (Phi) is 4.66. The number of rotatable bonds is 7. The van der Waals surface area contributed by atoms with Gasteiger partial charge in [0.15, 0.2) is 5.43 Å². The van der Waals surface area contributed by atoms with Gasteiger partial charge in [-0.3, -0.25) is 4.79 Å². The molecule has 0 spiro atoms. The molecule has 0 bridgehead atoms. The van der Waals surface area contributed by atoms with Gasteiger partial charge in [0.2, 0.25) is 0 Å². The molecule has 0 radical (unpaired) electrons. The monoisotopic (exact) mass is 321 g/mol. The van der Waals surface area contributed by atoms with E-state index >= 15 is 0 Å². The third kappa shape index (κ3) is 3.27. The van der Waals surface area contributed by atoms with E-state index in [0.29, 0.717) is 29.5 Å². The summed E-state index contributed by atoms with van der Waals surface area (Å²) >= 11 is 6.35. The summed E-state index contributed by atoms with van der Waals surface area (Å²) < 4.78 is 2.15. The molecule has 22 heavy (non-hydrogen) atoms. The van der Waals surface area contributed by atoms with Crippen molar-refractivity contribution < 1.29 is 5.11 Å². The number of nitrogens with one attached hydrogen (secondary N) is 2. The van der Waals surface area contributed by atoms with Crippen molar-refractivity contribution in [2.75, 3.05) is 31.6 Å². The predicted octanol–water partition coefficient (Wildman–Crippen LogP) is 1.98. The maximum absolute atomic E-state index is 12.1. The summed E-state index contributed by atoms with van der Waals surface area (Å²) in [4.78, 5) is 12.1. The van der Waals surface area contributed by atoms with E-state index in [-0.39, 0.29) is 12.0 Å². The fourth-order valence-electron chi connectivity index (χ4n) is 2.59. The summed E-state index contributed by atoms with van der Waals surface area (Å²) in [7, 11) is 0. The van der Waals surface area contributed by atoms with Crippen molar-refractivity contribution in [1.29, 1.82) is 0 Å². The number of aromatic nitrogens is 1. The molecule has 1 aromatic heterocycles. The van der Waals surface area contributed by atoms with Gasteiger partial charge >= 0.3 is 0 Å². The third-order valence-electron chi connectivity index (χ3n) is 3.86. The molecule has 0 unspecified atom stereocenters. The zero-order chi connectivity index (χ0) is 15.5. The van der Waals surface area contributed by atoms with Crippen molar-refractivity contribution in [2.45, 2.75) is 18.9 Å². The summed E-state index contributed by atoms with van der Waals surface area (Å²) in [6, 6.07) is 5.84. The zero-order valence-electron chi connectivity index (χ0n) is 12.3. The van der Waals surface area contributed by atoms with Gasteiger partial charge in [0.05, 0.1) is 22.8 Å². The molecule has 1 aliphatic rings. The highest BCUT2D eigenvalue weighted by Crippen LogP contribution is 2.37. The number of aliphatic hydroxyl groups excluding tert-OH is 1. The second kappa shape index (κ2) is 6.69. The molecule has 0 amide bonds. The number of fused-ring (bicyclic) bond motifs is 1. The fourth-order valence-corrected chi connectivity index (χ4v) is 2.81. The van der Waals surface area contributed by atoms with E-state index in [1.54, 1.807) is 6.07 Å². The molecule has 1 heterocycles. The second-order valence-corrected chi connectivity index (χ2v) is 5.98. The number of hydrogen-bond acceptors (Lipinski definition) is 4. The lowest BCUT2D eigenvalue weighted by atomic mass is 10.1. The van der Waals surface area contributed by atoms with E-state index in [9.17, 15) is 4.79 Å². The Labute approximate surface area is 133 Å². The summed E-state index contributed by atoms with van der Waals surface area (Å²) in [6.07, 6.45) is 4.18. The summed E-state index contributed by atoms with van der Waals surface area (Å²) in [5.41, 5.74) is 1.69. The molecule has 1 aromatic carbocycles. The van der Waals surface area contributed by atoms with Crippen LogP contribution in [0.3, 0.4) is 0 Å². The van der Waals surface area contributed by atoms with Crippen LogP contribution in [0.1, 0.15) is 18.9 Å². The first-order valence-corrected chi connectivity index (χ1v) is 7.98. The van der Waals surface area contributed by atoms with E-state index in [1.807, 2.05) is 18.3 Å². The minimum atomic E-state index is 0.0185. The number of hydrogen-bond donors (Lipinski definition) is 3. The molecule has 3 N–H and O–H groups in total. The molecule has 3 rings (SSSR count). The zero-order valence-corrected chi connectivity index (χ0v) is 13.1. The maximum Gasteiger partial charge on any atom is 0.189 e. The highest BCUT2D eigenvalue weighted by molar-refractivity contribution is 6.34. The normalized spacial score (nSPS) is 14.5. The van der Waals surface area contributed by atoms with Crippen molar-refractivity contribution in [3.63, 3.8) is 0 Å². The molecular weight excluding hydrogens is 302 g/mol. The number of pyridine rings is 1. The van der Waals surface area contributed by atoms with Gasteiger partial charge < -0.3 is 20.3 Å². The van der Waals surface area contributed by atoms with Crippen molar-refractivity contribution in [3.8, 4) is 0 Å². The van der Waals surface area contributed by atoms with Gasteiger partial charge in [-0.15, -0.1) is 0 Å². The molecule has 1 saturated carbocycles. The average molecular weight is 322 g/mol. The van der Waals surface area contributed by atoms with Gasteiger partial charge in [0.1, 0.15) is 0 Å². The summed E-state index contributed by atoms with van der Waals surface area (Å²) in [5.74, 6) is 0. The number of nitrogens with zero attached hydrogens (tertiary/aromatic N) is 1. The molecule has 5 nitrogen and oxygen atoms in total. The molecule has 0 atom stereocenters. The first-order valence-electron chi connectivity index (χ1n) is 7.60. The standard InChI is InChI=1S/C16H20ClN3O2/c17-13-10-15-12(9-14(13)19-5-4-18-6-8-21)16(22)3-7-20(15)11-1-2-11/h3,7,9-11,18-19,21H,1-2,4-6,8H2. The third-order valence-corrected chi connectivity index (χ3v) is 4.17. The quantitative estimate of drug-likeness (QED) is 0.682. The Morgan fingerprint density at radius 1 is 1.27 bits per heavy atom. The Bertz CT molecular complexity index is 725. The lowest BCUT2D eigenvalue weighted by molar-refractivity contribution is 0.293. The molecule has 0 saturated heterocycles. The number of benzene rings is 1. The van der Waals surface area contributed by atoms with Crippen LogP contribution in [0.5, 0.6) is 0 Å². The first kappa shape index (κ1) is 15.3. The van der Waals surface area contributed by atoms with Crippen molar-refractivity contribution in [1.82, 2.24) is 9.88 Å². The van der Waals surface area contributed by atoms with Crippen LogP contribution >= 0.6 is 11.6 Å². The largest absolute Gasteiger partial charge is 0.395 e. The van der Waals surface area contributed by atoms with E-state index in [0.717, 1.165) is 30.6 Å². The van der Waals surface area contributed by atoms with E-state index in [4.69, 9.17) is 16.7 Å². The van der Waals surface area contributed by atoms with Gasteiger partial charge in [0, 0.05) is 43.3 Å². The average Bonchev–Trinajstić information content (AvgIpc) is 3.33. The number of anilines is 1. The van der Waals surface area contributed by atoms with Crippen LogP contribution in [-0.4, -0.2) is 35.9 Å². The van der Waals surface area contributed by atoms with Crippen LogP contribution < -0.4 is 16.1 Å². The van der Waals surface area contributed by atoms with Crippen LogP contribution in [0.15, 0.2) is 29.2 Å². The van der Waals surface area contributed by atoms with E-state index in [2.05, 4.69) is 15.2 Å². The lowest BCUT2D eigenvalue weighted by Crippen LogP contribution is -2.25. The molecule has 118 valence electrons. The van der Waals surface area contributed by atoms with Crippen LogP contribution in [0, 0.1) is 0 Å². The van der Waals surface area contributed by atoms with Crippen molar-refractivity contribution >= 4 is 28.2 Å². The molecule has 2 aromatic rings. The summed E-state index contributed by atoms with van der Waals surface area (Å²) in [5, 5.41) is 16.3. The Balaban J connectivity index is 1.84. The number of aliphatic hydroxyl groups is 1. The van der Waals surface area contributed by atoms with Gasteiger partial charge in [0.25, 0.3) is 0 Å². The Morgan fingerprint density at radius 3 is 2.82 bits per heavy atom. The highest BCUT2D eigenvalue weighted by Gasteiger charge is 2.24. The van der Waals surface area contributed by atoms with Crippen LogP contribution in [0.4, 0.5) is 5.69 Å². The van der Waals surface area contributed by atoms with Crippen LogP contribution in [-0.2, 0) is 0 Å². The SMILES string of the molecule is O=c1ccn(C2CC2)c2cc(Cl)c(NCCNCCO)cc12. The Hall–Kier alpha value is -1.56. The molecule has 1 aliphatic carbocycles. The van der Waals surface area contributed by atoms with Crippen LogP contribution in [0.2, 0.25) is 5.02 Å². The van der Waals surface area contributed by atoms with Gasteiger partial charge in [-0.1, -0.05) is 11.6 Å². The molecule has 0 aliphatic heterocycles. The maximum atomic E-state index is 12.1. The van der Waals surface area contributed by atoms with E-state index < -0.39 is 0 Å². The van der Waals surface area contributed by atoms with Crippen molar-refractivity contribution in [3.05, 3.63) is 39.6 Å². The molecular formula is C16H20ClN3O2. The molecule has 6 heteroatoms. The van der Waals surface area contributed by atoms with Gasteiger partial charge in [-0.2, -0.15) is 0 Å². The second-order valence-electron chi connectivity index (χ2n) is 5.57. The highest BCUT2D eigenvalue weighted by atomic mass is 35.5. The van der Waals surface area contributed by atoms with Crippen LogP contribution in [0.25, 0.3) is 10.9 Å². The minimum Gasteiger partial charge on any atom is -0.395 e. The van der Waals surface area contributed by atoms with Gasteiger partial charge in [-0.05, 0) is 25.0 Å². The topological polar surface area (TPSA) is 66.3 Å². The van der Waals surface area contributed by atoms with Crippen molar-refractivity contribution in [2.24, 2.45) is 0 Å². The smallest absolute Gasteiger partial charge is 0.189 e. The fraction of sp³-hybridized carbons (Fsp3) is 0.438.